The smallest absolute Gasteiger partial charge is 0.253 e. The van der Waals surface area contributed by atoms with Crippen molar-refractivity contribution in [2.75, 3.05) is 29.9 Å². The van der Waals surface area contributed by atoms with Crippen molar-refractivity contribution in [1.82, 2.24) is 5.32 Å². The Morgan fingerprint density at radius 2 is 1.75 bits per heavy atom. The van der Waals surface area contributed by atoms with E-state index in [1.54, 1.807) is 0 Å². The van der Waals surface area contributed by atoms with Crippen molar-refractivity contribution in [2.45, 2.75) is 57.9 Å². The Labute approximate surface area is 142 Å². The Balaban J connectivity index is 1.45. The lowest BCUT2D eigenvalue weighted by Crippen LogP contribution is -2.42. The van der Waals surface area contributed by atoms with Crippen molar-refractivity contribution < 1.29 is 4.79 Å². The molecule has 1 amide bonds. The number of nitrogens with zero attached hydrogens (tertiary/aromatic N) is 1. The summed E-state index contributed by atoms with van der Waals surface area (Å²) in [4.78, 5) is 37.5. The van der Waals surface area contributed by atoms with Gasteiger partial charge in [-0.05, 0) is 44.4 Å². The van der Waals surface area contributed by atoms with Crippen molar-refractivity contribution in [2.24, 2.45) is 5.92 Å². The lowest BCUT2D eigenvalue weighted by Gasteiger charge is -2.27. The van der Waals surface area contributed by atoms with Crippen molar-refractivity contribution >= 4 is 17.3 Å². The molecule has 1 aromatic rings. The Hall–Kier alpha value is -1.85. The highest BCUT2D eigenvalue weighted by atomic mass is 16.2. The molecule has 2 aliphatic rings. The molecule has 0 spiro atoms. The molecule has 2 fully saturated rings. The Morgan fingerprint density at radius 1 is 1.08 bits per heavy atom. The third kappa shape index (κ3) is 3.62. The summed E-state index contributed by atoms with van der Waals surface area (Å²) in [6.45, 7) is 4.31. The van der Waals surface area contributed by atoms with Gasteiger partial charge in [0.1, 0.15) is 11.4 Å². The first-order valence-electron chi connectivity index (χ1n) is 9.17. The molecule has 0 radical (unpaired) electrons. The van der Waals surface area contributed by atoms with Crippen molar-refractivity contribution in [1.29, 1.82) is 0 Å². The third-order valence-corrected chi connectivity index (χ3v) is 5.34. The van der Waals surface area contributed by atoms with Crippen LogP contribution in [0.3, 0.4) is 0 Å². The van der Waals surface area contributed by atoms with E-state index in [1.165, 1.54) is 12.8 Å². The van der Waals surface area contributed by atoms with Gasteiger partial charge in [-0.25, -0.2) is 0 Å². The molecule has 0 aromatic heterocycles. The number of anilines is 2. The molecular formula is C18H27N3O3. The summed E-state index contributed by atoms with van der Waals surface area (Å²) in [5.41, 5.74) is 0.0964. The summed E-state index contributed by atoms with van der Waals surface area (Å²) in [5.74, 6) is 0.779. The molecule has 6 heteroatoms. The van der Waals surface area contributed by atoms with Crippen LogP contribution in [0.15, 0.2) is 9.59 Å². The summed E-state index contributed by atoms with van der Waals surface area (Å²) in [5, 5.41) is 6.09. The topological polar surface area (TPSA) is 78.5 Å². The van der Waals surface area contributed by atoms with Crippen molar-refractivity contribution in [3.63, 3.8) is 0 Å². The van der Waals surface area contributed by atoms with E-state index in [9.17, 15) is 14.4 Å². The van der Waals surface area contributed by atoms with Crippen LogP contribution < -0.4 is 26.4 Å². The minimum absolute atomic E-state index is 0.0171. The highest BCUT2D eigenvalue weighted by Crippen LogP contribution is 2.25. The van der Waals surface area contributed by atoms with Gasteiger partial charge in [-0.1, -0.05) is 6.92 Å². The molecule has 3 rings (SSSR count). The standard InChI is InChI=1S/C18H27N3O3/c1-12-4-6-13(7-5-12)20-14(22)8-9-19-15-16(18(24)17(15)23)21-10-2-3-11-21/h12-13,19H,2-11H2,1H3,(H,20,22). The van der Waals surface area contributed by atoms with Crippen LogP contribution in [0.4, 0.5) is 11.4 Å². The second-order valence-corrected chi connectivity index (χ2v) is 7.28. The molecule has 0 bridgehead atoms. The molecule has 1 aliphatic heterocycles. The maximum Gasteiger partial charge on any atom is 0.253 e. The van der Waals surface area contributed by atoms with Crippen LogP contribution in [-0.4, -0.2) is 31.6 Å². The normalized spacial score (nSPS) is 24.3. The fourth-order valence-corrected chi connectivity index (χ4v) is 3.79. The predicted octanol–water partition coefficient (Wildman–Crippen LogP) is 1.38. The molecular weight excluding hydrogens is 306 g/mol. The zero-order chi connectivity index (χ0) is 17.1. The van der Waals surface area contributed by atoms with Crippen LogP contribution in [0.25, 0.3) is 0 Å². The first-order valence-corrected chi connectivity index (χ1v) is 9.17. The first-order chi connectivity index (χ1) is 11.6. The largest absolute Gasteiger partial charge is 0.379 e. The van der Waals surface area contributed by atoms with E-state index in [0.717, 1.165) is 44.7 Å². The van der Waals surface area contributed by atoms with E-state index in [1.807, 2.05) is 4.90 Å². The molecule has 1 aliphatic carbocycles. The Bertz CT molecular complexity index is 649. The van der Waals surface area contributed by atoms with Gasteiger partial charge in [0.15, 0.2) is 0 Å². The van der Waals surface area contributed by atoms with Gasteiger partial charge in [0.2, 0.25) is 5.91 Å². The van der Waals surface area contributed by atoms with Crippen LogP contribution >= 0.6 is 0 Å². The zero-order valence-electron chi connectivity index (χ0n) is 14.4. The molecule has 132 valence electrons. The fraction of sp³-hybridized carbons (Fsp3) is 0.722. The summed E-state index contributed by atoms with van der Waals surface area (Å²) < 4.78 is 0. The van der Waals surface area contributed by atoms with E-state index in [4.69, 9.17) is 0 Å². The maximum atomic E-state index is 12.0. The number of nitrogens with one attached hydrogen (secondary N) is 2. The van der Waals surface area contributed by atoms with Crippen molar-refractivity contribution in [3.05, 3.63) is 20.4 Å². The molecule has 1 saturated carbocycles. The number of carbonyl (C=O) groups is 1. The fourth-order valence-electron chi connectivity index (χ4n) is 3.79. The third-order valence-electron chi connectivity index (χ3n) is 5.34. The highest BCUT2D eigenvalue weighted by Gasteiger charge is 2.27. The van der Waals surface area contributed by atoms with Crippen LogP contribution in [0.5, 0.6) is 0 Å². The highest BCUT2D eigenvalue weighted by molar-refractivity contribution is 5.78. The second-order valence-electron chi connectivity index (χ2n) is 7.28. The lowest BCUT2D eigenvalue weighted by molar-refractivity contribution is -0.121. The van der Waals surface area contributed by atoms with E-state index >= 15 is 0 Å². The summed E-state index contributed by atoms with van der Waals surface area (Å²) in [6.07, 6.45) is 6.89. The molecule has 0 unspecified atom stereocenters. The van der Waals surface area contributed by atoms with Gasteiger partial charge in [-0.15, -0.1) is 0 Å². The summed E-state index contributed by atoms with van der Waals surface area (Å²) in [6, 6.07) is 0.292. The first kappa shape index (κ1) is 17.0. The van der Waals surface area contributed by atoms with Gasteiger partial charge < -0.3 is 15.5 Å². The summed E-state index contributed by atoms with van der Waals surface area (Å²) in [7, 11) is 0. The molecule has 0 atom stereocenters. The predicted molar refractivity (Wildman–Crippen MR) is 95.5 cm³/mol. The molecule has 1 saturated heterocycles. The quantitative estimate of drug-likeness (QED) is 0.769. The number of amides is 1. The monoisotopic (exact) mass is 333 g/mol. The average molecular weight is 333 g/mol. The SMILES string of the molecule is CC1CCC(NC(=O)CCNc2c(N3CCCC3)c(=O)c2=O)CC1. The zero-order valence-corrected chi connectivity index (χ0v) is 14.4. The van der Waals surface area contributed by atoms with Crippen LogP contribution in [0.1, 0.15) is 51.9 Å². The van der Waals surface area contributed by atoms with Crippen molar-refractivity contribution in [3.8, 4) is 0 Å². The molecule has 2 N–H and O–H groups in total. The number of hydrogen-bond donors (Lipinski definition) is 2. The van der Waals surface area contributed by atoms with E-state index in [2.05, 4.69) is 17.6 Å². The molecule has 24 heavy (non-hydrogen) atoms. The van der Waals surface area contributed by atoms with Crippen LogP contribution in [0.2, 0.25) is 0 Å². The van der Waals surface area contributed by atoms with Gasteiger partial charge in [-0.2, -0.15) is 0 Å². The van der Waals surface area contributed by atoms with Gasteiger partial charge in [0, 0.05) is 32.1 Å². The van der Waals surface area contributed by atoms with E-state index in [-0.39, 0.29) is 11.3 Å². The number of hydrogen-bond acceptors (Lipinski definition) is 5. The van der Waals surface area contributed by atoms with Crippen LogP contribution in [0, 0.1) is 5.92 Å². The minimum atomic E-state index is -0.446. The number of carbonyl (C=O) groups excluding carboxylic acids is 1. The van der Waals surface area contributed by atoms with E-state index in [0.29, 0.717) is 30.4 Å². The minimum Gasteiger partial charge on any atom is -0.379 e. The molecule has 1 heterocycles. The second kappa shape index (κ2) is 7.36. The van der Waals surface area contributed by atoms with Gasteiger partial charge in [0.25, 0.3) is 10.9 Å². The van der Waals surface area contributed by atoms with E-state index < -0.39 is 5.43 Å². The Kier molecular flexibility index (Phi) is 5.21. The number of rotatable bonds is 6. The van der Waals surface area contributed by atoms with Gasteiger partial charge >= 0.3 is 0 Å². The lowest BCUT2D eigenvalue weighted by atomic mass is 9.87. The molecule has 1 aromatic carbocycles. The Morgan fingerprint density at radius 3 is 2.42 bits per heavy atom. The van der Waals surface area contributed by atoms with Crippen LogP contribution in [-0.2, 0) is 4.79 Å². The average Bonchev–Trinajstić information content (AvgIpc) is 3.09. The van der Waals surface area contributed by atoms with Gasteiger partial charge in [0.05, 0.1) is 0 Å². The summed E-state index contributed by atoms with van der Waals surface area (Å²) >= 11 is 0. The molecule has 6 nitrogen and oxygen atoms in total. The maximum absolute atomic E-state index is 12.0. The van der Waals surface area contributed by atoms with Gasteiger partial charge in [-0.3, -0.25) is 14.4 Å².